The average Bonchev–Trinajstić information content (AvgIpc) is 3.02. The number of carbonyl (C=O) groups excluding carboxylic acids is 1. The lowest BCUT2D eigenvalue weighted by Gasteiger charge is -2.26. The van der Waals surface area contributed by atoms with Crippen LogP contribution in [0.15, 0.2) is 23.1 Å². The fourth-order valence-electron chi connectivity index (χ4n) is 3.84. The first-order chi connectivity index (χ1) is 14.3. The van der Waals surface area contributed by atoms with Crippen LogP contribution >= 0.6 is 0 Å². The van der Waals surface area contributed by atoms with Gasteiger partial charge in [0.2, 0.25) is 15.9 Å². The number of sulfonamides is 1. The number of ether oxygens (including phenoxy) is 1. The third-order valence-corrected chi connectivity index (χ3v) is 7.59. The Morgan fingerprint density at radius 2 is 1.73 bits per heavy atom. The number of aryl methyl sites for hydroxylation is 3. The van der Waals surface area contributed by atoms with Crippen molar-refractivity contribution in [3.8, 4) is 0 Å². The predicted octanol–water partition coefficient (Wildman–Crippen LogP) is 2.28. The molecular weight excluding hydrogens is 404 g/mol. The van der Waals surface area contributed by atoms with E-state index in [1.807, 2.05) is 32.0 Å². The highest BCUT2D eigenvalue weighted by molar-refractivity contribution is 7.89. The van der Waals surface area contributed by atoms with Gasteiger partial charge in [-0.15, -0.1) is 0 Å². The largest absolute Gasteiger partial charge is 0.379 e. The summed E-state index contributed by atoms with van der Waals surface area (Å²) in [7, 11) is -3.68. The van der Waals surface area contributed by atoms with E-state index in [1.165, 1.54) is 8.99 Å². The molecule has 1 aromatic carbocycles. The minimum Gasteiger partial charge on any atom is -0.379 e. The molecular formula is C21H30N4O4S. The van der Waals surface area contributed by atoms with E-state index in [-0.39, 0.29) is 17.3 Å². The summed E-state index contributed by atoms with van der Waals surface area (Å²) in [4.78, 5) is 13.0. The number of rotatable bonds is 7. The summed E-state index contributed by atoms with van der Waals surface area (Å²) in [5, 5.41) is 7.37. The lowest BCUT2D eigenvalue weighted by molar-refractivity contribution is -0.117. The van der Waals surface area contributed by atoms with Crippen molar-refractivity contribution in [2.24, 2.45) is 0 Å². The van der Waals surface area contributed by atoms with Crippen molar-refractivity contribution in [3.63, 3.8) is 0 Å². The van der Waals surface area contributed by atoms with E-state index < -0.39 is 10.0 Å². The number of hydrogen-bond acceptors (Lipinski definition) is 5. The second kappa shape index (κ2) is 9.28. The summed E-state index contributed by atoms with van der Waals surface area (Å²) in [6.45, 7) is 8.80. The maximum atomic E-state index is 13.1. The van der Waals surface area contributed by atoms with Crippen LogP contribution in [0.25, 0.3) is 0 Å². The molecule has 0 aliphatic carbocycles. The number of benzene rings is 1. The Morgan fingerprint density at radius 3 is 2.30 bits per heavy atom. The van der Waals surface area contributed by atoms with E-state index in [0.29, 0.717) is 37.7 Å². The minimum absolute atomic E-state index is 0.0491. The van der Waals surface area contributed by atoms with E-state index in [4.69, 9.17) is 4.74 Å². The molecule has 0 radical (unpaired) electrons. The first-order valence-electron chi connectivity index (χ1n) is 10.3. The molecule has 2 aromatic rings. The van der Waals surface area contributed by atoms with Gasteiger partial charge in [-0.05, 0) is 37.8 Å². The molecule has 8 nitrogen and oxygen atoms in total. The monoisotopic (exact) mass is 434 g/mol. The van der Waals surface area contributed by atoms with Gasteiger partial charge in [0.25, 0.3) is 0 Å². The van der Waals surface area contributed by atoms with Crippen LogP contribution in [-0.4, -0.2) is 54.7 Å². The quantitative estimate of drug-likeness (QED) is 0.722. The summed E-state index contributed by atoms with van der Waals surface area (Å²) in [6, 6.07) is 6.01. The zero-order chi connectivity index (χ0) is 21.9. The van der Waals surface area contributed by atoms with Gasteiger partial charge in [0.1, 0.15) is 11.4 Å². The standard InChI is InChI=1S/C21H30N4O4S/c1-5-17-8-7-9-18(6-2)20(17)22-19(26)14-25-16(4)21(15(3)23-25)30(27,28)24-10-12-29-13-11-24/h7-9H,5-6,10-14H2,1-4H3,(H,22,26). The highest BCUT2D eigenvalue weighted by Gasteiger charge is 2.32. The van der Waals surface area contributed by atoms with E-state index in [2.05, 4.69) is 10.4 Å². The summed E-state index contributed by atoms with van der Waals surface area (Å²) in [6.07, 6.45) is 1.62. The van der Waals surface area contributed by atoms with E-state index in [9.17, 15) is 13.2 Å². The fourth-order valence-corrected chi connectivity index (χ4v) is 5.62. The van der Waals surface area contributed by atoms with Crippen LogP contribution in [0.5, 0.6) is 0 Å². The van der Waals surface area contributed by atoms with Crippen molar-refractivity contribution in [1.29, 1.82) is 0 Å². The average molecular weight is 435 g/mol. The van der Waals surface area contributed by atoms with Gasteiger partial charge < -0.3 is 10.1 Å². The molecule has 0 saturated carbocycles. The van der Waals surface area contributed by atoms with Gasteiger partial charge >= 0.3 is 0 Å². The second-order valence-electron chi connectivity index (χ2n) is 7.38. The van der Waals surface area contributed by atoms with Crippen molar-refractivity contribution < 1.29 is 17.9 Å². The molecule has 1 aliphatic rings. The lowest BCUT2D eigenvalue weighted by Crippen LogP contribution is -2.41. The molecule has 164 valence electrons. The van der Waals surface area contributed by atoms with E-state index >= 15 is 0 Å². The molecule has 1 amide bonds. The van der Waals surface area contributed by atoms with Crippen LogP contribution in [0.2, 0.25) is 0 Å². The number of anilines is 1. The summed E-state index contributed by atoms with van der Waals surface area (Å²) >= 11 is 0. The highest BCUT2D eigenvalue weighted by Crippen LogP contribution is 2.25. The number of morpholine rings is 1. The number of aromatic nitrogens is 2. The molecule has 0 spiro atoms. The van der Waals surface area contributed by atoms with E-state index in [1.54, 1.807) is 13.8 Å². The predicted molar refractivity (Wildman–Crippen MR) is 115 cm³/mol. The number of para-hydroxylation sites is 1. The Labute approximate surface area is 178 Å². The Bertz CT molecular complexity index is 1000. The lowest BCUT2D eigenvalue weighted by atomic mass is 10.0. The minimum atomic E-state index is -3.68. The molecule has 1 aromatic heterocycles. The molecule has 1 saturated heterocycles. The van der Waals surface area contributed by atoms with Crippen LogP contribution < -0.4 is 5.32 Å². The maximum absolute atomic E-state index is 13.1. The molecule has 1 fully saturated rings. The second-order valence-corrected chi connectivity index (χ2v) is 9.26. The van der Waals surface area contributed by atoms with Gasteiger partial charge in [0.15, 0.2) is 0 Å². The maximum Gasteiger partial charge on any atom is 0.246 e. The van der Waals surface area contributed by atoms with Gasteiger partial charge in [-0.1, -0.05) is 32.0 Å². The third-order valence-electron chi connectivity index (χ3n) is 5.44. The van der Waals surface area contributed by atoms with Crippen molar-refractivity contribution in [2.75, 3.05) is 31.6 Å². The van der Waals surface area contributed by atoms with Gasteiger partial charge in [0, 0.05) is 18.8 Å². The van der Waals surface area contributed by atoms with Crippen LogP contribution in [-0.2, 0) is 38.9 Å². The number of nitrogens with one attached hydrogen (secondary N) is 1. The van der Waals surface area contributed by atoms with Crippen molar-refractivity contribution in [3.05, 3.63) is 40.7 Å². The van der Waals surface area contributed by atoms with Gasteiger partial charge in [0.05, 0.1) is 24.6 Å². The zero-order valence-electron chi connectivity index (χ0n) is 18.1. The SMILES string of the molecule is CCc1cccc(CC)c1NC(=O)Cn1nc(C)c(S(=O)(=O)N2CCOCC2)c1C. The fraction of sp³-hybridized carbons (Fsp3) is 0.524. The number of hydrogen-bond donors (Lipinski definition) is 1. The van der Waals surface area contributed by atoms with Crippen LogP contribution in [0, 0.1) is 13.8 Å². The van der Waals surface area contributed by atoms with Gasteiger partial charge in [-0.25, -0.2) is 8.42 Å². The van der Waals surface area contributed by atoms with Crippen LogP contribution in [0.4, 0.5) is 5.69 Å². The first kappa shape index (κ1) is 22.5. The summed E-state index contributed by atoms with van der Waals surface area (Å²) in [5.74, 6) is -0.230. The van der Waals surface area contributed by atoms with E-state index in [0.717, 1.165) is 29.7 Å². The molecule has 9 heteroatoms. The van der Waals surface area contributed by atoms with Crippen molar-refractivity contribution in [2.45, 2.75) is 52.0 Å². The molecule has 0 bridgehead atoms. The Hall–Kier alpha value is -2.23. The first-order valence-corrected chi connectivity index (χ1v) is 11.8. The molecule has 3 rings (SSSR count). The Morgan fingerprint density at radius 1 is 1.13 bits per heavy atom. The van der Waals surface area contributed by atoms with Crippen LogP contribution in [0.3, 0.4) is 0 Å². The zero-order valence-corrected chi connectivity index (χ0v) is 18.9. The highest BCUT2D eigenvalue weighted by atomic mass is 32.2. The molecule has 1 aliphatic heterocycles. The van der Waals surface area contributed by atoms with Gasteiger partial charge in [-0.3, -0.25) is 9.48 Å². The Balaban J connectivity index is 1.84. The van der Waals surface area contributed by atoms with Crippen LogP contribution in [0.1, 0.15) is 36.4 Å². The van der Waals surface area contributed by atoms with Crippen molar-refractivity contribution >= 4 is 21.6 Å². The summed E-state index contributed by atoms with van der Waals surface area (Å²) in [5.41, 5.74) is 3.86. The molecule has 0 unspecified atom stereocenters. The smallest absolute Gasteiger partial charge is 0.246 e. The number of nitrogens with zero attached hydrogens (tertiary/aromatic N) is 3. The molecule has 30 heavy (non-hydrogen) atoms. The molecule has 2 heterocycles. The number of carbonyl (C=O) groups is 1. The van der Waals surface area contributed by atoms with Crippen molar-refractivity contribution in [1.82, 2.24) is 14.1 Å². The molecule has 0 atom stereocenters. The normalized spacial score (nSPS) is 15.3. The number of amides is 1. The summed E-state index contributed by atoms with van der Waals surface area (Å²) < 4.78 is 34.4. The molecule has 1 N–H and O–H groups in total. The Kier molecular flexibility index (Phi) is 6.95. The third kappa shape index (κ3) is 4.43. The topological polar surface area (TPSA) is 93.5 Å². The van der Waals surface area contributed by atoms with Gasteiger partial charge in [-0.2, -0.15) is 9.40 Å².